The van der Waals surface area contributed by atoms with E-state index in [1.54, 1.807) is 110 Å². The summed E-state index contributed by atoms with van der Waals surface area (Å²) in [6.07, 6.45) is 9.54. The molecule has 2 aromatic carbocycles. The lowest BCUT2D eigenvalue weighted by Crippen LogP contribution is -2.12. The van der Waals surface area contributed by atoms with Gasteiger partial charge in [0.05, 0.1) is 37.0 Å². The molecule has 0 bridgehead atoms. The van der Waals surface area contributed by atoms with Gasteiger partial charge in [-0.1, -0.05) is 12.1 Å². The highest BCUT2D eigenvalue weighted by atomic mass is 16.5. The molecule has 50 heavy (non-hydrogen) atoms. The second-order valence-electron chi connectivity index (χ2n) is 9.93. The molecule has 0 radical (unpaired) electrons. The van der Waals surface area contributed by atoms with E-state index in [2.05, 4.69) is 51.0 Å². The van der Waals surface area contributed by atoms with E-state index in [1.165, 1.54) is 14.2 Å². The fourth-order valence-electron chi connectivity index (χ4n) is 4.13. The van der Waals surface area contributed by atoms with Crippen molar-refractivity contribution in [1.82, 2.24) is 19.9 Å². The quantitative estimate of drug-likeness (QED) is 0.137. The lowest BCUT2D eigenvalue weighted by molar-refractivity contribution is 0.101. The number of carbonyl (C=O) groups is 2. The molecule has 4 aromatic heterocycles. The van der Waals surface area contributed by atoms with E-state index in [1.807, 2.05) is 24.3 Å². The summed E-state index contributed by atoms with van der Waals surface area (Å²) in [7, 11) is 3.05. The van der Waals surface area contributed by atoms with Gasteiger partial charge >= 0.3 is 0 Å². The van der Waals surface area contributed by atoms with Crippen LogP contribution in [-0.2, 0) is 0 Å². The second-order valence-corrected chi connectivity index (χ2v) is 9.93. The third kappa shape index (κ3) is 9.89. The Labute approximate surface area is 287 Å². The van der Waals surface area contributed by atoms with Crippen LogP contribution in [0.15, 0.2) is 155 Å². The highest BCUT2D eigenvalue weighted by Gasteiger charge is 2.12. The minimum Gasteiger partial charge on any atom is -0.494 e. The fraction of sp³-hybridized carbons (Fsp3) is 0.0556. The number of benzene rings is 2. The number of anilines is 2. The Kier molecular flexibility index (Phi) is 12.0. The van der Waals surface area contributed by atoms with E-state index in [9.17, 15) is 9.59 Å². The molecule has 0 aliphatic rings. The summed E-state index contributed by atoms with van der Waals surface area (Å²) in [5.41, 5.74) is 3.28. The molecule has 0 fully saturated rings. The SMILES string of the molecule is COc1cc(N=Nc2ccccn2)ccc1NC(=O)c1ccncc1.COc1cc(N=Nc2ccccn2)ccc1NC(=O)c1ccncc1. The van der Waals surface area contributed by atoms with Crippen LogP contribution in [-0.4, -0.2) is 46.0 Å². The van der Waals surface area contributed by atoms with Gasteiger partial charge in [0.15, 0.2) is 11.6 Å². The molecule has 2 amide bonds. The number of amides is 2. The van der Waals surface area contributed by atoms with Crippen LogP contribution in [0.3, 0.4) is 0 Å². The Balaban J connectivity index is 0.000000194. The number of azo groups is 2. The molecule has 4 heterocycles. The Bertz CT molecular complexity index is 1920. The van der Waals surface area contributed by atoms with E-state index in [4.69, 9.17) is 9.47 Å². The standard InChI is InChI=1S/2C18H15N5O2/c2*1-25-16-12-14(22-23-17-4-2-3-9-20-17)5-6-15(16)21-18(24)13-7-10-19-11-8-13/h2*2-12H,1H3,(H,21,24). The average Bonchev–Trinajstić information content (AvgIpc) is 3.18. The number of hydrogen-bond acceptors (Lipinski definition) is 12. The number of nitrogens with zero attached hydrogens (tertiary/aromatic N) is 8. The van der Waals surface area contributed by atoms with Gasteiger partial charge in [-0.05, 0) is 72.8 Å². The van der Waals surface area contributed by atoms with Crippen molar-refractivity contribution in [3.8, 4) is 11.5 Å². The predicted octanol–water partition coefficient (Wildman–Crippen LogP) is 8.31. The number of nitrogens with one attached hydrogen (secondary N) is 2. The minimum absolute atomic E-state index is 0.247. The van der Waals surface area contributed by atoms with Gasteiger partial charge in [0.2, 0.25) is 0 Å². The highest BCUT2D eigenvalue weighted by molar-refractivity contribution is 6.05. The smallest absolute Gasteiger partial charge is 0.255 e. The molecule has 6 aromatic rings. The minimum atomic E-state index is -0.247. The maximum atomic E-state index is 12.2. The third-order valence-corrected chi connectivity index (χ3v) is 6.59. The molecule has 0 spiro atoms. The first-order valence-electron chi connectivity index (χ1n) is 15.0. The van der Waals surface area contributed by atoms with Gasteiger partial charge < -0.3 is 20.1 Å². The van der Waals surface area contributed by atoms with Crippen molar-refractivity contribution >= 4 is 46.2 Å². The van der Waals surface area contributed by atoms with E-state index in [0.29, 0.717) is 57.0 Å². The monoisotopic (exact) mass is 666 g/mol. The molecule has 14 heteroatoms. The van der Waals surface area contributed by atoms with Crippen molar-refractivity contribution < 1.29 is 19.1 Å². The molecular weight excluding hydrogens is 636 g/mol. The summed E-state index contributed by atoms with van der Waals surface area (Å²) in [4.78, 5) is 40.4. The number of rotatable bonds is 10. The first-order chi connectivity index (χ1) is 24.5. The first kappa shape index (κ1) is 34.1. The Morgan fingerprint density at radius 1 is 0.520 bits per heavy atom. The molecule has 0 atom stereocenters. The second kappa shape index (κ2) is 17.6. The molecule has 248 valence electrons. The molecule has 0 aliphatic carbocycles. The maximum absolute atomic E-state index is 12.2. The largest absolute Gasteiger partial charge is 0.494 e. The topological polar surface area (TPSA) is 178 Å². The zero-order valence-corrected chi connectivity index (χ0v) is 26.9. The van der Waals surface area contributed by atoms with Gasteiger partial charge in [0.25, 0.3) is 11.8 Å². The molecule has 0 aliphatic heterocycles. The molecular formula is C36H30N10O4. The van der Waals surface area contributed by atoms with Crippen LogP contribution in [0.4, 0.5) is 34.4 Å². The van der Waals surface area contributed by atoms with E-state index in [-0.39, 0.29) is 11.8 Å². The Morgan fingerprint density at radius 3 is 1.30 bits per heavy atom. The van der Waals surface area contributed by atoms with Gasteiger partial charge in [0, 0.05) is 60.4 Å². The maximum Gasteiger partial charge on any atom is 0.255 e. The van der Waals surface area contributed by atoms with Crippen LogP contribution in [0, 0.1) is 0 Å². The van der Waals surface area contributed by atoms with Crippen molar-refractivity contribution in [2.75, 3.05) is 24.9 Å². The van der Waals surface area contributed by atoms with Crippen LogP contribution in [0.1, 0.15) is 20.7 Å². The van der Waals surface area contributed by atoms with Crippen LogP contribution in [0.2, 0.25) is 0 Å². The lowest BCUT2D eigenvalue weighted by Gasteiger charge is -2.10. The zero-order chi connectivity index (χ0) is 35.0. The molecule has 0 saturated heterocycles. The molecule has 6 rings (SSSR count). The number of carbonyl (C=O) groups excluding carboxylic acids is 2. The van der Waals surface area contributed by atoms with Gasteiger partial charge in [-0.2, -0.15) is 0 Å². The number of ether oxygens (including phenoxy) is 2. The normalized spacial score (nSPS) is 10.6. The van der Waals surface area contributed by atoms with Crippen LogP contribution >= 0.6 is 0 Å². The summed E-state index contributed by atoms with van der Waals surface area (Å²) in [6, 6.07) is 27.6. The summed E-state index contributed by atoms with van der Waals surface area (Å²) >= 11 is 0. The molecule has 2 N–H and O–H groups in total. The molecule has 14 nitrogen and oxygen atoms in total. The summed E-state index contributed by atoms with van der Waals surface area (Å²) in [6.45, 7) is 0. The summed E-state index contributed by atoms with van der Waals surface area (Å²) in [5, 5.41) is 22.0. The van der Waals surface area contributed by atoms with Crippen molar-refractivity contribution in [1.29, 1.82) is 0 Å². The van der Waals surface area contributed by atoms with Crippen LogP contribution < -0.4 is 20.1 Å². The predicted molar refractivity (Wildman–Crippen MR) is 187 cm³/mol. The van der Waals surface area contributed by atoms with E-state index >= 15 is 0 Å². The highest BCUT2D eigenvalue weighted by Crippen LogP contribution is 2.31. The van der Waals surface area contributed by atoms with Crippen LogP contribution in [0.5, 0.6) is 11.5 Å². The number of methoxy groups -OCH3 is 2. The van der Waals surface area contributed by atoms with E-state index < -0.39 is 0 Å². The van der Waals surface area contributed by atoms with Gasteiger partial charge in [-0.15, -0.1) is 20.5 Å². The third-order valence-electron chi connectivity index (χ3n) is 6.59. The Morgan fingerprint density at radius 2 is 0.940 bits per heavy atom. The van der Waals surface area contributed by atoms with Gasteiger partial charge in [-0.3, -0.25) is 19.6 Å². The zero-order valence-electron chi connectivity index (χ0n) is 26.9. The number of aromatic nitrogens is 4. The number of hydrogen-bond donors (Lipinski definition) is 2. The van der Waals surface area contributed by atoms with Crippen molar-refractivity contribution in [2.24, 2.45) is 20.5 Å². The lowest BCUT2D eigenvalue weighted by atomic mass is 10.2. The first-order valence-corrected chi connectivity index (χ1v) is 15.0. The summed E-state index contributed by atoms with van der Waals surface area (Å²) in [5.74, 6) is 1.50. The van der Waals surface area contributed by atoms with Crippen molar-refractivity contribution in [3.63, 3.8) is 0 Å². The summed E-state index contributed by atoms with van der Waals surface area (Å²) < 4.78 is 10.7. The average molecular weight is 667 g/mol. The van der Waals surface area contributed by atoms with E-state index in [0.717, 1.165) is 0 Å². The fourth-order valence-corrected chi connectivity index (χ4v) is 4.13. The Hall–Kier alpha value is -7.22. The molecule has 0 unspecified atom stereocenters. The molecule has 0 saturated carbocycles. The van der Waals surface area contributed by atoms with Crippen LogP contribution in [0.25, 0.3) is 0 Å². The van der Waals surface area contributed by atoms with Crippen molar-refractivity contribution in [2.45, 2.75) is 0 Å². The van der Waals surface area contributed by atoms with Gasteiger partial charge in [-0.25, -0.2) is 9.97 Å². The number of pyridine rings is 4. The van der Waals surface area contributed by atoms with Gasteiger partial charge in [0.1, 0.15) is 11.5 Å². The van der Waals surface area contributed by atoms with Crippen molar-refractivity contribution in [3.05, 3.63) is 145 Å².